The molecule has 0 aliphatic carbocycles. The third-order valence-electron chi connectivity index (χ3n) is 3.06. The number of ether oxygens (including phenoxy) is 1. The number of para-hydroxylation sites is 1. The summed E-state index contributed by atoms with van der Waals surface area (Å²) in [4.78, 5) is 22.6. The molecule has 1 saturated heterocycles. The molecule has 19 heavy (non-hydrogen) atoms. The van der Waals surface area contributed by atoms with Crippen LogP contribution in [0.25, 0.3) is 0 Å². The van der Waals surface area contributed by atoms with Crippen LogP contribution in [0.4, 0.5) is 10.1 Å². The maximum Gasteiger partial charge on any atom is 0.332 e. The molecule has 0 spiro atoms. The highest BCUT2D eigenvalue weighted by atomic mass is 19.1. The van der Waals surface area contributed by atoms with Crippen LogP contribution in [-0.2, 0) is 14.3 Å². The summed E-state index contributed by atoms with van der Waals surface area (Å²) in [5.41, 5.74) is 0.705. The van der Waals surface area contributed by atoms with Crippen molar-refractivity contribution >= 4 is 17.6 Å². The fourth-order valence-electron chi connectivity index (χ4n) is 2.01. The molecule has 6 heteroatoms. The third-order valence-corrected chi connectivity index (χ3v) is 3.06. The number of benzene rings is 1. The Morgan fingerprint density at radius 2 is 2.05 bits per heavy atom. The number of amides is 1. The van der Waals surface area contributed by atoms with E-state index in [9.17, 15) is 14.0 Å². The van der Waals surface area contributed by atoms with Gasteiger partial charge >= 0.3 is 5.97 Å². The summed E-state index contributed by atoms with van der Waals surface area (Å²) in [5, 5.41) is 11.2. The molecule has 1 aliphatic rings. The maximum atomic E-state index is 13.6. The molecule has 1 aliphatic heterocycles. The van der Waals surface area contributed by atoms with E-state index >= 15 is 0 Å². The monoisotopic (exact) mass is 267 g/mol. The van der Waals surface area contributed by atoms with E-state index in [1.807, 2.05) is 0 Å². The highest BCUT2D eigenvalue weighted by Crippen LogP contribution is 2.23. The van der Waals surface area contributed by atoms with Crippen molar-refractivity contribution < 1.29 is 23.8 Å². The Morgan fingerprint density at radius 3 is 2.63 bits per heavy atom. The first-order valence-corrected chi connectivity index (χ1v) is 5.93. The van der Waals surface area contributed by atoms with Crippen LogP contribution in [0, 0.1) is 12.7 Å². The van der Waals surface area contributed by atoms with Gasteiger partial charge < -0.3 is 15.2 Å². The Labute approximate surface area is 109 Å². The predicted octanol–water partition coefficient (Wildman–Crippen LogP) is 1.70. The number of carboxylic acid groups (broad SMARTS) is 1. The van der Waals surface area contributed by atoms with Crippen molar-refractivity contribution in [3.05, 3.63) is 29.6 Å². The molecule has 2 atom stereocenters. The van der Waals surface area contributed by atoms with Gasteiger partial charge in [-0.25, -0.2) is 9.18 Å². The van der Waals surface area contributed by atoms with E-state index in [0.29, 0.717) is 12.0 Å². The van der Waals surface area contributed by atoms with Crippen molar-refractivity contribution in [2.75, 3.05) is 5.32 Å². The lowest BCUT2D eigenvalue weighted by Gasteiger charge is -2.13. The van der Waals surface area contributed by atoms with Gasteiger partial charge in [-0.1, -0.05) is 12.1 Å². The molecule has 0 aromatic heterocycles. The lowest BCUT2D eigenvalue weighted by atomic mass is 10.1. The quantitative estimate of drug-likeness (QED) is 0.874. The summed E-state index contributed by atoms with van der Waals surface area (Å²) in [6.45, 7) is 1.67. The summed E-state index contributed by atoms with van der Waals surface area (Å²) >= 11 is 0. The van der Waals surface area contributed by atoms with Crippen LogP contribution in [0.2, 0.25) is 0 Å². The Balaban J connectivity index is 2.04. The summed E-state index contributed by atoms with van der Waals surface area (Å²) in [5.74, 6) is -2.13. The number of carbonyl (C=O) groups excluding carboxylic acids is 1. The number of halogens is 1. The molecule has 0 radical (unpaired) electrons. The van der Waals surface area contributed by atoms with Gasteiger partial charge in [0, 0.05) is 0 Å². The second-order valence-electron chi connectivity index (χ2n) is 4.45. The largest absolute Gasteiger partial charge is 0.479 e. The van der Waals surface area contributed by atoms with Crippen molar-refractivity contribution in [3.63, 3.8) is 0 Å². The normalized spacial score (nSPS) is 22.2. The minimum atomic E-state index is -1.09. The maximum absolute atomic E-state index is 13.6. The average Bonchev–Trinajstić information content (AvgIpc) is 2.83. The minimum Gasteiger partial charge on any atom is -0.479 e. The first kappa shape index (κ1) is 13.5. The number of nitrogens with one attached hydrogen (secondary N) is 1. The van der Waals surface area contributed by atoms with E-state index in [-0.39, 0.29) is 12.1 Å². The van der Waals surface area contributed by atoms with E-state index in [0.717, 1.165) is 0 Å². The van der Waals surface area contributed by atoms with Crippen molar-refractivity contribution in [3.8, 4) is 0 Å². The van der Waals surface area contributed by atoms with Gasteiger partial charge in [0.25, 0.3) is 5.91 Å². The van der Waals surface area contributed by atoms with E-state index in [4.69, 9.17) is 9.84 Å². The first-order chi connectivity index (χ1) is 8.99. The molecular weight excluding hydrogens is 253 g/mol. The van der Waals surface area contributed by atoms with E-state index in [1.165, 1.54) is 6.07 Å². The van der Waals surface area contributed by atoms with Crippen molar-refractivity contribution in [2.45, 2.75) is 32.0 Å². The fourth-order valence-corrected chi connectivity index (χ4v) is 2.01. The number of hydrogen-bond donors (Lipinski definition) is 2. The average molecular weight is 267 g/mol. The molecule has 1 amide bonds. The van der Waals surface area contributed by atoms with Crippen LogP contribution in [0.1, 0.15) is 18.4 Å². The fraction of sp³-hybridized carbons (Fsp3) is 0.385. The zero-order valence-corrected chi connectivity index (χ0v) is 10.4. The van der Waals surface area contributed by atoms with Gasteiger partial charge in [0.05, 0.1) is 5.69 Å². The van der Waals surface area contributed by atoms with Crippen LogP contribution in [-0.4, -0.2) is 29.2 Å². The van der Waals surface area contributed by atoms with Crippen molar-refractivity contribution in [1.82, 2.24) is 0 Å². The molecule has 2 rings (SSSR count). The zero-order chi connectivity index (χ0) is 14.0. The van der Waals surface area contributed by atoms with Gasteiger partial charge in [0.1, 0.15) is 11.9 Å². The molecule has 102 valence electrons. The Kier molecular flexibility index (Phi) is 3.80. The molecule has 1 aromatic rings. The van der Waals surface area contributed by atoms with Gasteiger partial charge in [0.15, 0.2) is 6.10 Å². The minimum absolute atomic E-state index is 0.106. The van der Waals surface area contributed by atoms with Gasteiger partial charge in [-0.2, -0.15) is 0 Å². The lowest BCUT2D eigenvalue weighted by molar-refractivity contribution is -0.150. The predicted molar refractivity (Wildman–Crippen MR) is 65.3 cm³/mol. The standard InChI is InChI=1S/C13H14FNO4/c1-7-3-2-4-8(14)11(7)15-12(16)9-5-6-10(19-9)13(17)18/h2-4,9-10H,5-6H2,1H3,(H,15,16)(H,17,18)/t9-,10+/m0/s1. The third kappa shape index (κ3) is 2.90. The second kappa shape index (κ2) is 5.36. The highest BCUT2D eigenvalue weighted by Gasteiger charge is 2.35. The first-order valence-electron chi connectivity index (χ1n) is 5.93. The highest BCUT2D eigenvalue weighted by molar-refractivity contribution is 5.95. The second-order valence-corrected chi connectivity index (χ2v) is 4.45. The molecule has 0 bridgehead atoms. The summed E-state index contributed by atoms with van der Waals surface area (Å²) in [6, 6.07) is 4.47. The number of carbonyl (C=O) groups is 2. The number of aryl methyl sites for hydroxylation is 1. The Morgan fingerprint density at radius 1 is 1.37 bits per heavy atom. The smallest absolute Gasteiger partial charge is 0.332 e. The summed E-state index contributed by atoms with van der Waals surface area (Å²) in [6.07, 6.45) is -1.21. The summed E-state index contributed by atoms with van der Waals surface area (Å²) in [7, 11) is 0. The van der Waals surface area contributed by atoms with Crippen LogP contribution in [0.15, 0.2) is 18.2 Å². The molecule has 1 heterocycles. The topological polar surface area (TPSA) is 75.6 Å². The number of anilines is 1. The zero-order valence-electron chi connectivity index (χ0n) is 10.4. The van der Waals surface area contributed by atoms with Gasteiger partial charge in [-0.15, -0.1) is 0 Å². The number of hydrogen-bond acceptors (Lipinski definition) is 3. The number of aliphatic carboxylic acids is 1. The number of carboxylic acids is 1. The molecule has 2 N–H and O–H groups in total. The Hall–Kier alpha value is -1.95. The van der Waals surface area contributed by atoms with E-state index in [2.05, 4.69) is 5.32 Å². The summed E-state index contributed by atoms with van der Waals surface area (Å²) < 4.78 is 18.7. The van der Waals surface area contributed by atoms with Crippen LogP contribution in [0.5, 0.6) is 0 Å². The van der Waals surface area contributed by atoms with E-state index in [1.54, 1.807) is 19.1 Å². The molecule has 1 fully saturated rings. The number of rotatable bonds is 3. The van der Waals surface area contributed by atoms with Gasteiger partial charge in [-0.3, -0.25) is 4.79 Å². The van der Waals surface area contributed by atoms with Gasteiger partial charge in [-0.05, 0) is 31.4 Å². The lowest BCUT2D eigenvalue weighted by Crippen LogP contribution is -2.30. The van der Waals surface area contributed by atoms with Crippen molar-refractivity contribution in [2.24, 2.45) is 0 Å². The molecular formula is C13H14FNO4. The molecule has 0 unspecified atom stereocenters. The van der Waals surface area contributed by atoms with Gasteiger partial charge in [0.2, 0.25) is 0 Å². The van der Waals surface area contributed by atoms with Crippen LogP contribution in [0.3, 0.4) is 0 Å². The Bertz CT molecular complexity index is 497. The SMILES string of the molecule is Cc1cccc(F)c1NC(=O)[C@@H]1CC[C@H](C(=O)O)O1. The van der Waals surface area contributed by atoms with Crippen molar-refractivity contribution in [1.29, 1.82) is 0 Å². The van der Waals surface area contributed by atoms with Crippen LogP contribution >= 0.6 is 0 Å². The van der Waals surface area contributed by atoms with E-state index < -0.39 is 29.9 Å². The molecule has 1 aromatic carbocycles. The van der Waals surface area contributed by atoms with Crippen LogP contribution < -0.4 is 5.32 Å². The molecule has 0 saturated carbocycles. The molecule has 5 nitrogen and oxygen atoms in total.